The molecule has 9 heteroatoms. The van der Waals surface area contributed by atoms with Crippen LogP contribution in [0.15, 0.2) is 32.3 Å². The standard InChI is InChI=1S/C14H19N3O4S.ClH/c1-17-11-5-4-10(8-12(11)21-13(17)18)22(19,20)16-14(9-15)6-2-3-7-14;/h4-5,8,16H,2-3,6-7,9,15H2,1H3;1H. The Kier molecular flexibility index (Phi) is 4.91. The molecule has 0 aliphatic heterocycles. The van der Waals surface area contributed by atoms with Gasteiger partial charge in [-0.3, -0.25) is 4.57 Å². The zero-order chi connectivity index (χ0) is 16.0. The number of nitrogens with two attached hydrogens (primary N) is 1. The van der Waals surface area contributed by atoms with Gasteiger partial charge >= 0.3 is 5.76 Å². The Morgan fingerprint density at radius 1 is 1.35 bits per heavy atom. The van der Waals surface area contributed by atoms with E-state index in [9.17, 15) is 13.2 Å². The van der Waals surface area contributed by atoms with Crippen LogP contribution in [0.4, 0.5) is 0 Å². The van der Waals surface area contributed by atoms with Crippen molar-refractivity contribution in [1.82, 2.24) is 9.29 Å². The highest BCUT2D eigenvalue weighted by Gasteiger charge is 2.36. The molecule has 23 heavy (non-hydrogen) atoms. The minimum atomic E-state index is -3.71. The Morgan fingerprint density at radius 3 is 2.61 bits per heavy atom. The molecule has 1 fully saturated rings. The summed E-state index contributed by atoms with van der Waals surface area (Å²) in [4.78, 5) is 11.6. The first kappa shape index (κ1) is 18.0. The molecule has 7 nitrogen and oxygen atoms in total. The zero-order valence-corrected chi connectivity index (χ0v) is 14.4. The Labute approximate surface area is 140 Å². The van der Waals surface area contributed by atoms with Crippen LogP contribution >= 0.6 is 12.4 Å². The molecule has 1 aromatic carbocycles. The molecule has 2 aromatic rings. The van der Waals surface area contributed by atoms with E-state index in [2.05, 4.69) is 4.72 Å². The summed E-state index contributed by atoms with van der Waals surface area (Å²) >= 11 is 0. The SMILES string of the molecule is Cl.Cn1c(=O)oc2cc(S(=O)(=O)NC3(CN)CCCC3)ccc21. The third-order valence-electron chi connectivity index (χ3n) is 4.38. The van der Waals surface area contributed by atoms with Crippen LogP contribution in [0.2, 0.25) is 0 Å². The molecule has 1 heterocycles. The van der Waals surface area contributed by atoms with Crippen molar-refractivity contribution in [2.45, 2.75) is 36.1 Å². The fraction of sp³-hybridized carbons (Fsp3) is 0.500. The fourth-order valence-electron chi connectivity index (χ4n) is 3.02. The van der Waals surface area contributed by atoms with Crippen molar-refractivity contribution < 1.29 is 12.8 Å². The molecule has 3 rings (SSSR count). The molecule has 0 radical (unpaired) electrons. The fourth-order valence-corrected chi connectivity index (χ4v) is 4.51. The molecule has 0 spiro atoms. The summed E-state index contributed by atoms with van der Waals surface area (Å²) in [7, 11) is -2.14. The predicted molar refractivity (Wildman–Crippen MR) is 89.3 cm³/mol. The first-order valence-corrected chi connectivity index (χ1v) is 8.69. The predicted octanol–water partition coefficient (Wildman–Crippen LogP) is 1.10. The summed E-state index contributed by atoms with van der Waals surface area (Å²) in [5.41, 5.74) is 6.02. The second-order valence-corrected chi connectivity index (χ2v) is 7.54. The van der Waals surface area contributed by atoms with Gasteiger partial charge < -0.3 is 10.2 Å². The smallest absolute Gasteiger partial charge is 0.408 e. The monoisotopic (exact) mass is 361 g/mol. The number of aryl methyl sites for hydroxylation is 1. The number of fused-ring (bicyclic) bond motifs is 1. The van der Waals surface area contributed by atoms with Gasteiger partial charge in [0.25, 0.3) is 0 Å². The van der Waals surface area contributed by atoms with Crippen molar-refractivity contribution >= 4 is 33.5 Å². The van der Waals surface area contributed by atoms with Crippen molar-refractivity contribution in [3.8, 4) is 0 Å². The van der Waals surface area contributed by atoms with Gasteiger partial charge in [0.1, 0.15) is 0 Å². The minimum Gasteiger partial charge on any atom is -0.408 e. The maximum Gasteiger partial charge on any atom is 0.419 e. The number of nitrogens with zero attached hydrogens (tertiary/aromatic N) is 1. The summed E-state index contributed by atoms with van der Waals surface area (Å²) in [6, 6.07) is 4.41. The van der Waals surface area contributed by atoms with Gasteiger partial charge in [0, 0.05) is 25.2 Å². The van der Waals surface area contributed by atoms with Crippen molar-refractivity contribution in [2.75, 3.05) is 6.54 Å². The van der Waals surface area contributed by atoms with Crippen molar-refractivity contribution in [1.29, 1.82) is 0 Å². The average Bonchev–Trinajstić information content (AvgIpc) is 3.05. The quantitative estimate of drug-likeness (QED) is 0.848. The Morgan fingerprint density at radius 2 is 2.00 bits per heavy atom. The van der Waals surface area contributed by atoms with Gasteiger partial charge in [-0.25, -0.2) is 17.9 Å². The molecule has 1 aliphatic rings. The number of hydrogen-bond donors (Lipinski definition) is 2. The molecule has 3 N–H and O–H groups in total. The summed E-state index contributed by atoms with van der Waals surface area (Å²) in [5, 5.41) is 0. The second kappa shape index (κ2) is 6.27. The largest absolute Gasteiger partial charge is 0.419 e. The number of aromatic nitrogens is 1. The first-order chi connectivity index (χ1) is 10.4. The van der Waals surface area contributed by atoms with E-state index in [0.29, 0.717) is 5.52 Å². The van der Waals surface area contributed by atoms with E-state index in [4.69, 9.17) is 10.2 Å². The Bertz CT molecular complexity index is 866. The van der Waals surface area contributed by atoms with Gasteiger partial charge in [-0.2, -0.15) is 0 Å². The van der Waals surface area contributed by atoms with E-state index in [0.717, 1.165) is 25.7 Å². The maximum absolute atomic E-state index is 12.6. The van der Waals surface area contributed by atoms with Crippen LogP contribution in [0.5, 0.6) is 0 Å². The van der Waals surface area contributed by atoms with E-state index in [1.807, 2.05) is 0 Å². The van der Waals surface area contributed by atoms with Crippen LogP contribution in [0.1, 0.15) is 25.7 Å². The van der Waals surface area contributed by atoms with E-state index in [1.54, 1.807) is 13.1 Å². The number of rotatable bonds is 4. The molecule has 128 valence electrons. The van der Waals surface area contributed by atoms with Crippen LogP contribution < -0.4 is 16.2 Å². The Balaban J connectivity index is 0.00000192. The molecule has 0 saturated heterocycles. The number of hydrogen-bond acceptors (Lipinski definition) is 5. The normalized spacial score (nSPS) is 17.3. The van der Waals surface area contributed by atoms with Gasteiger partial charge in [-0.1, -0.05) is 12.8 Å². The van der Waals surface area contributed by atoms with Gasteiger partial charge in [-0.05, 0) is 25.0 Å². The number of halogens is 1. The highest BCUT2D eigenvalue weighted by molar-refractivity contribution is 7.89. The van der Waals surface area contributed by atoms with E-state index >= 15 is 0 Å². The zero-order valence-electron chi connectivity index (χ0n) is 12.7. The van der Waals surface area contributed by atoms with Crippen LogP contribution in [-0.2, 0) is 17.1 Å². The topological polar surface area (TPSA) is 107 Å². The third-order valence-corrected chi connectivity index (χ3v) is 5.95. The van der Waals surface area contributed by atoms with Gasteiger partial charge in [-0.15, -0.1) is 12.4 Å². The maximum atomic E-state index is 12.6. The first-order valence-electron chi connectivity index (χ1n) is 7.21. The minimum absolute atomic E-state index is 0. The summed E-state index contributed by atoms with van der Waals surface area (Å²) in [6.45, 7) is 0.273. The number of oxazole rings is 1. The molecule has 1 aromatic heterocycles. The molecular formula is C14H20ClN3O4S. The van der Waals surface area contributed by atoms with Gasteiger partial charge in [0.2, 0.25) is 10.0 Å². The van der Waals surface area contributed by atoms with E-state index < -0.39 is 21.3 Å². The van der Waals surface area contributed by atoms with Crippen LogP contribution in [0, 0.1) is 0 Å². The molecule has 0 atom stereocenters. The lowest BCUT2D eigenvalue weighted by Crippen LogP contribution is -2.51. The lowest BCUT2D eigenvalue weighted by Gasteiger charge is -2.28. The average molecular weight is 362 g/mol. The summed E-state index contributed by atoms with van der Waals surface area (Å²) < 4.78 is 34.3. The van der Waals surface area contributed by atoms with Crippen molar-refractivity contribution in [3.63, 3.8) is 0 Å². The molecule has 0 bridgehead atoms. The Hall–Kier alpha value is -1.35. The van der Waals surface area contributed by atoms with Crippen molar-refractivity contribution in [3.05, 3.63) is 28.7 Å². The van der Waals surface area contributed by atoms with Crippen molar-refractivity contribution in [2.24, 2.45) is 12.8 Å². The van der Waals surface area contributed by atoms with Gasteiger partial charge in [0.05, 0.1) is 10.4 Å². The highest BCUT2D eigenvalue weighted by Crippen LogP contribution is 2.30. The highest BCUT2D eigenvalue weighted by atomic mass is 35.5. The molecule has 1 saturated carbocycles. The van der Waals surface area contributed by atoms with E-state index in [-0.39, 0.29) is 29.4 Å². The molecule has 1 aliphatic carbocycles. The summed E-state index contributed by atoms with van der Waals surface area (Å²) in [5.74, 6) is -0.522. The lowest BCUT2D eigenvalue weighted by atomic mass is 10.0. The van der Waals surface area contributed by atoms with Crippen LogP contribution in [-0.4, -0.2) is 25.1 Å². The van der Waals surface area contributed by atoms with Gasteiger partial charge in [0.15, 0.2) is 5.58 Å². The van der Waals surface area contributed by atoms with E-state index in [1.165, 1.54) is 16.7 Å². The third kappa shape index (κ3) is 3.16. The van der Waals surface area contributed by atoms with Crippen LogP contribution in [0.3, 0.4) is 0 Å². The number of benzene rings is 1. The molecular weight excluding hydrogens is 342 g/mol. The van der Waals surface area contributed by atoms with Crippen LogP contribution in [0.25, 0.3) is 11.1 Å². The number of sulfonamides is 1. The second-order valence-electron chi connectivity index (χ2n) is 5.85. The lowest BCUT2D eigenvalue weighted by molar-refractivity contribution is 0.399. The number of nitrogens with one attached hydrogen (secondary N) is 1. The molecule has 0 unspecified atom stereocenters. The molecule has 0 amide bonds. The summed E-state index contributed by atoms with van der Waals surface area (Å²) in [6.07, 6.45) is 3.41.